The summed E-state index contributed by atoms with van der Waals surface area (Å²) < 4.78 is 24.6. The molecule has 0 bridgehead atoms. The minimum Gasteiger partial charge on any atom is -0.273 e. The summed E-state index contributed by atoms with van der Waals surface area (Å²) in [7, 11) is -3.58. The van der Waals surface area contributed by atoms with Gasteiger partial charge in [-0.3, -0.25) is 9.52 Å². The fourth-order valence-electron chi connectivity index (χ4n) is 2.03. The van der Waals surface area contributed by atoms with Crippen LogP contribution in [-0.2, 0) is 14.8 Å². The van der Waals surface area contributed by atoms with E-state index in [0.717, 1.165) is 17.4 Å². The molecule has 0 unspecified atom stereocenters. The second-order valence-corrected chi connectivity index (χ2v) is 6.24. The van der Waals surface area contributed by atoms with Gasteiger partial charge in [-0.15, -0.1) is 0 Å². The fraction of sp³-hybridized carbons (Fsp3) is 0.133. The lowest BCUT2D eigenvalue weighted by atomic mass is 9.91. The molecule has 2 rings (SSSR count). The minimum absolute atomic E-state index is 0.551. The standard InChI is InChI=1S/C15H15NO3S/c1-20(18,19)16-15(17)14(12-8-4-2-5-9-12)13-10-6-3-7-11-13/h2-11,14H,1H3,(H,16,17). The predicted molar refractivity (Wildman–Crippen MR) is 77.7 cm³/mol. The van der Waals surface area contributed by atoms with Gasteiger partial charge in [0.05, 0.1) is 12.2 Å². The highest BCUT2D eigenvalue weighted by atomic mass is 32.2. The van der Waals surface area contributed by atoms with E-state index in [0.29, 0.717) is 0 Å². The first kappa shape index (κ1) is 14.3. The number of hydrogen-bond acceptors (Lipinski definition) is 3. The lowest BCUT2D eigenvalue weighted by Crippen LogP contribution is -2.34. The summed E-state index contributed by atoms with van der Waals surface area (Å²) in [6.07, 6.45) is 0.970. The summed E-state index contributed by atoms with van der Waals surface area (Å²) in [6.45, 7) is 0. The van der Waals surface area contributed by atoms with Crippen LogP contribution in [0.5, 0.6) is 0 Å². The summed E-state index contributed by atoms with van der Waals surface area (Å²) in [5, 5.41) is 0. The number of amides is 1. The van der Waals surface area contributed by atoms with E-state index in [4.69, 9.17) is 0 Å². The van der Waals surface area contributed by atoms with Crippen LogP contribution in [0.4, 0.5) is 0 Å². The molecular formula is C15H15NO3S. The second kappa shape index (κ2) is 5.88. The molecule has 1 N–H and O–H groups in total. The Balaban J connectivity index is 2.43. The van der Waals surface area contributed by atoms with Gasteiger partial charge in [0.25, 0.3) is 0 Å². The highest BCUT2D eigenvalue weighted by Gasteiger charge is 2.24. The average Bonchev–Trinajstić information content (AvgIpc) is 2.39. The summed E-state index contributed by atoms with van der Waals surface area (Å²) >= 11 is 0. The first-order valence-electron chi connectivity index (χ1n) is 6.09. The molecule has 4 nitrogen and oxygen atoms in total. The number of rotatable bonds is 4. The zero-order valence-electron chi connectivity index (χ0n) is 11.0. The molecule has 104 valence electrons. The quantitative estimate of drug-likeness (QED) is 0.935. The Labute approximate surface area is 118 Å². The van der Waals surface area contributed by atoms with Gasteiger partial charge in [0.1, 0.15) is 0 Å². The maximum absolute atomic E-state index is 12.3. The molecule has 0 aliphatic rings. The smallest absolute Gasteiger partial charge is 0.245 e. The third-order valence-electron chi connectivity index (χ3n) is 2.81. The highest BCUT2D eigenvalue weighted by Crippen LogP contribution is 2.24. The monoisotopic (exact) mass is 289 g/mol. The molecule has 20 heavy (non-hydrogen) atoms. The van der Waals surface area contributed by atoms with Crippen molar-refractivity contribution in [1.29, 1.82) is 0 Å². The van der Waals surface area contributed by atoms with Crippen LogP contribution in [0.1, 0.15) is 17.0 Å². The number of benzene rings is 2. The SMILES string of the molecule is CS(=O)(=O)NC(=O)C(c1ccccc1)c1ccccc1. The summed E-state index contributed by atoms with van der Waals surface area (Å²) in [5.41, 5.74) is 1.50. The van der Waals surface area contributed by atoms with Crippen molar-refractivity contribution >= 4 is 15.9 Å². The molecule has 0 saturated carbocycles. The highest BCUT2D eigenvalue weighted by molar-refractivity contribution is 7.89. The fourth-order valence-corrected chi connectivity index (χ4v) is 2.51. The van der Waals surface area contributed by atoms with Gasteiger partial charge >= 0.3 is 0 Å². The summed E-state index contributed by atoms with van der Waals surface area (Å²) in [5.74, 6) is -1.20. The molecule has 1 amide bonds. The Hall–Kier alpha value is -2.14. The van der Waals surface area contributed by atoms with E-state index in [9.17, 15) is 13.2 Å². The van der Waals surface area contributed by atoms with Crippen molar-refractivity contribution in [1.82, 2.24) is 4.72 Å². The number of carbonyl (C=O) groups is 1. The molecule has 0 radical (unpaired) electrons. The minimum atomic E-state index is -3.58. The molecular weight excluding hydrogens is 274 g/mol. The zero-order valence-corrected chi connectivity index (χ0v) is 11.8. The lowest BCUT2D eigenvalue weighted by molar-refractivity contribution is -0.119. The Morgan fingerprint density at radius 1 is 0.900 bits per heavy atom. The molecule has 0 fully saturated rings. The first-order valence-corrected chi connectivity index (χ1v) is 7.98. The van der Waals surface area contributed by atoms with E-state index >= 15 is 0 Å². The van der Waals surface area contributed by atoms with Crippen LogP contribution in [0.15, 0.2) is 60.7 Å². The van der Waals surface area contributed by atoms with Gasteiger partial charge in [0, 0.05) is 0 Å². The number of nitrogens with one attached hydrogen (secondary N) is 1. The molecule has 0 aliphatic heterocycles. The van der Waals surface area contributed by atoms with Gasteiger partial charge < -0.3 is 0 Å². The Morgan fingerprint density at radius 3 is 1.65 bits per heavy atom. The molecule has 0 spiro atoms. The van der Waals surface area contributed by atoms with Gasteiger partial charge in [-0.2, -0.15) is 0 Å². The van der Waals surface area contributed by atoms with Crippen LogP contribution >= 0.6 is 0 Å². The van der Waals surface area contributed by atoms with Gasteiger partial charge in [-0.05, 0) is 11.1 Å². The van der Waals surface area contributed by atoms with E-state index in [1.54, 1.807) is 24.3 Å². The number of hydrogen-bond donors (Lipinski definition) is 1. The van der Waals surface area contributed by atoms with Crippen molar-refractivity contribution in [2.75, 3.05) is 6.26 Å². The Morgan fingerprint density at radius 2 is 1.30 bits per heavy atom. The Bertz CT molecular complexity index is 642. The maximum atomic E-state index is 12.3. The van der Waals surface area contributed by atoms with Crippen LogP contribution in [0.25, 0.3) is 0 Å². The van der Waals surface area contributed by atoms with Crippen LogP contribution in [-0.4, -0.2) is 20.6 Å². The largest absolute Gasteiger partial charge is 0.273 e. The molecule has 0 saturated heterocycles. The molecule has 2 aromatic carbocycles. The molecule has 2 aromatic rings. The van der Waals surface area contributed by atoms with E-state index in [1.165, 1.54) is 0 Å². The summed E-state index contributed by atoms with van der Waals surface area (Å²) in [6, 6.07) is 18.2. The van der Waals surface area contributed by atoms with Crippen LogP contribution in [0.2, 0.25) is 0 Å². The topological polar surface area (TPSA) is 63.2 Å². The first-order chi connectivity index (χ1) is 9.47. The van der Waals surface area contributed by atoms with E-state index in [2.05, 4.69) is 0 Å². The van der Waals surface area contributed by atoms with E-state index in [1.807, 2.05) is 41.1 Å². The normalized spacial score (nSPS) is 11.3. The lowest BCUT2D eigenvalue weighted by Gasteiger charge is -2.17. The molecule has 0 atom stereocenters. The van der Waals surface area contributed by atoms with E-state index in [-0.39, 0.29) is 0 Å². The van der Waals surface area contributed by atoms with Gasteiger partial charge in [0.15, 0.2) is 0 Å². The number of sulfonamides is 1. The molecule has 0 aromatic heterocycles. The van der Waals surface area contributed by atoms with Crippen molar-refractivity contribution in [3.8, 4) is 0 Å². The average molecular weight is 289 g/mol. The second-order valence-electron chi connectivity index (χ2n) is 4.49. The van der Waals surface area contributed by atoms with Gasteiger partial charge in [0.2, 0.25) is 15.9 Å². The third-order valence-corrected chi connectivity index (χ3v) is 3.39. The van der Waals surface area contributed by atoms with Gasteiger partial charge in [-0.1, -0.05) is 60.7 Å². The van der Waals surface area contributed by atoms with E-state index < -0.39 is 21.8 Å². The van der Waals surface area contributed by atoms with Crippen molar-refractivity contribution in [3.05, 3.63) is 71.8 Å². The van der Waals surface area contributed by atoms with Crippen molar-refractivity contribution in [3.63, 3.8) is 0 Å². The van der Waals surface area contributed by atoms with Crippen LogP contribution in [0, 0.1) is 0 Å². The van der Waals surface area contributed by atoms with Crippen LogP contribution < -0.4 is 4.72 Å². The predicted octanol–water partition coefficient (Wildman–Crippen LogP) is 1.89. The zero-order chi connectivity index (χ0) is 14.6. The third kappa shape index (κ3) is 3.68. The van der Waals surface area contributed by atoms with Crippen molar-refractivity contribution in [2.24, 2.45) is 0 Å². The van der Waals surface area contributed by atoms with Crippen molar-refractivity contribution in [2.45, 2.75) is 5.92 Å². The van der Waals surface area contributed by atoms with Crippen molar-refractivity contribution < 1.29 is 13.2 Å². The molecule has 0 heterocycles. The van der Waals surface area contributed by atoms with Gasteiger partial charge in [-0.25, -0.2) is 8.42 Å². The number of carbonyl (C=O) groups excluding carboxylic acids is 1. The maximum Gasteiger partial charge on any atom is 0.245 e. The van der Waals surface area contributed by atoms with Crippen LogP contribution in [0.3, 0.4) is 0 Å². The molecule has 0 aliphatic carbocycles. The molecule has 5 heteroatoms. The summed E-state index contributed by atoms with van der Waals surface area (Å²) in [4.78, 5) is 12.3. The Kier molecular flexibility index (Phi) is 4.20.